The van der Waals surface area contributed by atoms with E-state index >= 15 is 0 Å². The fraction of sp³-hybridized carbons (Fsp3) is 0.417. The zero-order valence-electron chi connectivity index (χ0n) is 18.5. The van der Waals surface area contributed by atoms with Gasteiger partial charge in [0.2, 0.25) is 0 Å². The third-order valence-electron chi connectivity index (χ3n) is 4.64. The quantitative estimate of drug-likeness (QED) is 0.751. The smallest absolute Gasteiger partial charge is 0.276 e. The van der Waals surface area contributed by atoms with Gasteiger partial charge in [-0.3, -0.25) is 20.4 Å². The van der Waals surface area contributed by atoms with Gasteiger partial charge >= 0.3 is 0 Å². The summed E-state index contributed by atoms with van der Waals surface area (Å²) in [5.41, 5.74) is 8.49. The first-order valence-corrected chi connectivity index (χ1v) is 9.81. The largest absolute Gasteiger partial charge is 0.483 e. The van der Waals surface area contributed by atoms with Gasteiger partial charge in [-0.25, -0.2) is 0 Å². The van der Waals surface area contributed by atoms with Crippen molar-refractivity contribution in [2.24, 2.45) is 0 Å². The summed E-state index contributed by atoms with van der Waals surface area (Å²) in [7, 11) is 0. The Labute approximate surface area is 173 Å². The van der Waals surface area contributed by atoms with Gasteiger partial charge < -0.3 is 4.74 Å². The second-order valence-electron chi connectivity index (χ2n) is 9.37. The molecule has 0 aliphatic rings. The number of aryl methyl sites for hydroxylation is 1. The Hall–Kier alpha value is -2.82. The summed E-state index contributed by atoms with van der Waals surface area (Å²) in [4.78, 5) is 24.2. The monoisotopic (exact) mass is 396 g/mol. The molecule has 5 nitrogen and oxygen atoms in total. The molecule has 0 radical (unpaired) electrons. The van der Waals surface area contributed by atoms with E-state index in [9.17, 15) is 9.59 Å². The second-order valence-corrected chi connectivity index (χ2v) is 9.37. The van der Waals surface area contributed by atoms with Gasteiger partial charge in [-0.05, 0) is 47.1 Å². The average Bonchev–Trinajstić information content (AvgIpc) is 2.63. The van der Waals surface area contributed by atoms with Crippen LogP contribution in [0.25, 0.3) is 0 Å². The number of amides is 2. The molecule has 2 N–H and O–H groups in total. The number of hydrogen-bond acceptors (Lipinski definition) is 3. The van der Waals surface area contributed by atoms with Crippen molar-refractivity contribution >= 4 is 11.8 Å². The Balaban J connectivity index is 2.00. The molecule has 0 atom stereocenters. The maximum absolute atomic E-state index is 12.1. The van der Waals surface area contributed by atoms with E-state index in [4.69, 9.17) is 4.74 Å². The fourth-order valence-electron chi connectivity index (χ4n) is 2.79. The van der Waals surface area contributed by atoms with Crippen LogP contribution in [0.1, 0.15) is 68.6 Å². The van der Waals surface area contributed by atoms with Crippen molar-refractivity contribution < 1.29 is 14.3 Å². The van der Waals surface area contributed by atoms with Crippen LogP contribution in [0.2, 0.25) is 0 Å². The molecule has 2 rings (SSSR count). The average molecular weight is 397 g/mol. The van der Waals surface area contributed by atoms with E-state index in [1.54, 1.807) is 12.1 Å². The number of hydrogen-bond donors (Lipinski definition) is 2. The predicted molar refractivity (Wildman–Crippen MR) is 116 cm³/mol. The molecule has 0 saturated heterocycles. The fourth-order valence-corrected chi connectivity index (χ4v) is 2.79. The summed E-state index contributed by atoms with van der Waals surface area (Å²) in [5, 5.41) is 0. The first kappa shape index (κ1) is 22.5. The van der Waals surface area contributed by atoms with Gasteiger partial charge in [-0.15, -0.1) is 0 Å². The molecule has 0 aliphatic carbocycles. The van der Waals surface area contributed by atoms with Gasteiger partial charge in [0, 0.05) is 5.56 Å². The third-order valence-corrected chi connectivity index (χ3v) is 4.64. The lowest BCUT2D eigenvalue weighted by molar-refractivity contribution is -0.123. The molecule has 0 aromatic heterocycles. The lowest BCUT2D eigenvalue weighted by Crippen LogP contribution is -2.43. The SMILES string of the molecule is Cc1ccc(C(=O)NNC(=O)COc2ccc(C(C)(C)C)cc2C(C)(C)C)cc1. The predicted octanol–water partition coefficient (Wildman–Crippen LogP) is 4.43. The molecule has 2 aromatic rings. The van der Waals surface area contributed by atoms with E-state index in [0.717, 1.165) is 11.1 Å². The van der Waals surface area contributed by atoms with E-state index in [1.807, 2.05) is 31.2 Å². The highest BCUT2D eigenvalue weighted by Gasteiger charge is 2.23. The lowest BCUT2D eigenvalue weighted by atomic mass is 9.80. The molecule has 0 bridgehead atoms. The molecule has 0 unspecified atom stereocenters. The van der Waals surface area contributed by atoms with Crippen LogP contribution in [0.3, 0.4) is 0 Å². The van der Waals surface area contributed by atoms with Crippen molar-refractivity contribution in [3.8, 4) is 5.75 Å². The number of ether oxygens (including phenoxy) is 1. The molecule has 156 valence electrons. The van der Waals surface area contributed by atoms with E-state index in [1.165, 1.54) is 5.56 Å². The standard InChI is InChI=1S/C24H32N2O3/c1-16-8-10-17(11-9-16)22(28)26-25-21(27)15-29-20-13-12-18(23(2,3)4)14-19(20)24(5,6)7/h8-14H,15H2,1-7H3,(H,25,27)(H,26,28). The minimum absolute atomic E-state index is 0.0240. The molecule has 0 spiro atoms. The van der Waals surface area contributed by atoms with E-state index in [0.29, 0.717) is 11.3 Å². The first-order valence-electron chi connectivity index (χ1n) is 9.81. The normalized spacial score (nSPS) is 11.7. The van der Waals surface area contributed by atoms with Crippen molar-refractivity contribution in [1.82, 2.24) is 10.9 Å². The Bertz CT molecular complexity index is 872. The van der Waals surface area contributed by atoms with Crippen molar-refractivity contribution in [2.75, 3.05) is 6.61 Å². The van der Waals surface area contributed by atoms with E-state index in [2.05, 4.69) is 58.5 Å². The number of carbonyl (C=O) groups excluding carboxylic acids is 2. The molecule has 0 aliphatic heterocycles. The highest BCUT2D eigenvalue weighted by atomic mass is 16.5. The number of nitrogens with one attached hydrogen (secondary N) is 2. The van der Waals surface area contributed by atoms with E-state index in [-0.39, 0.29) is 23.3 Å². The topological polar surface area (TPSA) is 67.4 Å². The van der Waals surface area contributed by atoms with Crippen LogP contribution in [0.4, 0.5) is 0 Å². The Morgan fingerprint density at radius 2 is 1.48 bits per heavy atom. The summed E-state index contributed by atoms with van der Waals surface area (Å²) in [5.74, 6) is -0.126. The third kappa shape index (κ3) is 6.34. The molecule has 0 fully saturated rings. The molecule has 0 saturated carbocycles. The highest BCUT2D eigenvalue weighted by molar-refractivity contribution is 5.95. The summed E-state index contributed by atoms with van der Waals surface area (Å²) in [6.07, 6.45) is 0. The molecule has 2 amide bonds. The Kier molecular flexibility index (Phi) is 6.73. The molecule has 29 heavy (non-hydrogen) atoms. The maximum atomic E-state index is 12.1. The van der Waals surface area contributed by atoms with Gasteiger partial charge in [0.1, 0.15) is 5.75 Å². The molecule has 0 heterocycles. The molecular weight excluding hydrogens is 364 g/mol. The zero-order valence-corrected chi connectivity index (χ0v) is 18.5. The van der Waals surface area contributed by atoms with Crippen LogP contribution >= 0.6 is 0 Å². The van der Waals surface area contributed by atoms with Crippen molar-refractivity contribution in [3.63, 3.8) is 0 Å². The Morgan fingerprint density at radius 3 is 2.03 bits per heavy atom. The van der Waals surface area contributed by atoms with Crippen molar-refractivity contribution in [1.29, 1.82) is 0 Å². The van der Waals surface area contributed by atoms with Gasteiger partial charge in [0.15, 0.2) is 6.61 Å². The highest BCUT2D eigenvalue weighted by Crippen LogP contribution is 2.35. The van der Waals surface area contributed by atoms with Crippen LogP contribution in [-0.4, -0.2) is 18.4 Å². The van der Waals surface area contributed by atoms with Crippen LogP contribution in [0.15, 0.2) is 42.5 Å². The van der Waals surface area contributed by atoms with Crippen LogP contribution in [-0.2, 0) is 15.6 Å². The summed E-state index contributed by atoms with van der Waals surface area (Å²) < 4.78 is 5.78. The summed E-state index contributed by atoms with van der Waals surface area (Å²) in [6.45, 7) is 14.6. The number of rotatable bonds is 4. The lowest BCUT2D eigenvalue weighted by Gasteiger charge is -2.27. The minimum atomic E-state index is -0.426. The Morgan fingerprint density at radius 1 is 0.862 bits per heavy atom. The van der Waals surface area contributed by atoms with Gasteiger partial charge in [-0.2, -0.15) is 0 Å². The maximum Gasteiger partial charge on any atom is 0.276 e. The van der Waals surface area contributed by atoms with Crippen LogP contribution < -0.4 is 15.6 Å². The zero-order chi connectivity index (χ0) is 21.8. The van der Waals surface area contributed by atoms with E-state index < -0.39 is 5.91 Å². The van der Waals surface area contributed by atoms with Gasteiger partial charge in [0.05, 0.1) is 0 Å². The number of hydrazine groups is 1. The van der Waals surface area contributed by atoms with Crippen molar-refractivity contribution in [2.45, 2.75) is 59.3 Å². The van der Waals surface area contributed by atoms with Crippen LogP contribution in [0.5, 0.6) is 5.75 Å². The van der Waals surface area contributed by atoms with Crippen LogP contribution in [0, 0.1) is 6.92 Å². The molecule has 5 heteroatoms. The van der Waals surface area contributed by atoms with Gasteiger partial charge in [-0.1, -0.05) is 71.4 Å². The molecular formula is C24H32N2O3. The second kappa shape index (κ2) is 8.68. The summed E-state index contributed by atoms with van der Waals surface area (Å²) >= 11 is 0. The molecule has 2 aromatic carbocycles. The van der Waals surface area contributed by atoms with Crippen molar-refractivity contribution in [3.05, 3.63) is 64.7 Å². The van der Waals surface area contributed by atoms with Gasteiger partial charge in [0.25, 0.3) is 11.8 Å². The first-order chi connectivity index (χ1) is 13.4. The number of carbonyl (C=O) groups is 2. The number of benzene rings is 2. The summed E-state index contributed by atoms with van der Waals surface area (Å²) in [6, 6.07) is 13.2. The minimum Gasteiger partial charge on any atom is -0.483 e.